The molecule has 1 rings (SSSR count). The van der Waals surface area contributed by atoms with Crippen LogP contribution < -0.4 is 0 Å². The average Bonchev–Trinajstić information content (AvgIpc) is 2.26. The van der Waals surface area contributed by atoms with Crippen LogP contribution in [0.1, 0.15) is 13.8 Å². The SMILES string of the molecule is CC1(C)OCC(C[34S]C#N)O1. The number of hydrogen-bond acceptors (Lipinski definition) is 4. The van der Waals surface area contributed by atoms with E-state index in [9.17, 15) is 0 Å². The quantitative estimate of drug-likeness (QED) is 0.469. The topological polar surface area (TPSA) is 42.2 Å². The average molecular weight is 175 g/mol. The Hall–Kier alpha value is -0.240. The van der Waals surface area contributed by atoms with Crippen molar-refractivity contribution in [1.82, 2.24) is 0 Å². The number of nitrogens with zero attached hydrogens (tertiary/aromatic N) is 1. The first-order valence-electron chi connectivity index (χ1n) is 3.47. The molecule has 0 amide bonds. The summed E-state index contributed by atoms with van der Waals surface area (Å²) in [5, 5.41) is 10.3. The van der Waals surface area contributed by atoms with Crippen LogP contribution in [0.5, 0.6) is 0 Å². The minimum absolute atomic E-state index is 0.0784. The van der Waals surface area contributed by atoms with E-state index in [4.69, 9.17) is 14.7 Å². The Morgan fingerprint density at radius 2 is 2.45 bits per heavy atom. The lowest BCUT2D eigenvalue weighted by Crippen LogP contribution is -2.22. The molecule has 0 spiro atoms. The summed E-state index contributed by atoms with van der Waals surface area (Å²) in [6, 6.07) is 0. The first kappa shape index (κ1) is 8.85. The Morgan fingerprint density at radius 1 is 1.73 bits per heavy atom. The smallest absolute Gasteiger partial charge is 0.163 e. The van der Waals surface area contributed by atoms with Crippen LogP contribution in [0.2, 0.25) is 0 Å². The molecule has 3 nitrogen and oxygen atoms in total. The van der Waals surface area contributed by atoms with E-state index in [-0.39, 0.29) is 6.10 Å². The highest BCUT2D eigenvalue weighted by Crippen LogP contribution is 2.23. The maximum atomic E-state index is 8.27. The molecule has 0 N–H and O–H groups in total. The van der Waals surface area contributed by atoms with Gasteiger partial charge in [-0.15, -0.1) is 0 Å². The largest absolute Gasteiger partial charge is 0.348 e. The predicted molar refractivity (Wildman–Crippen MR) is 43.0 cm³/mol. The number of nitriles is 1. The zero-order chi connectivity index (χ0) is 8.32. The molecule has 0 radical (unpaired) electrons. The lowest BCUT2D eigenvalue weighted by molar-refractivity contribution is -0.135. The molecule has 0 aliphatic carbocycles. The Bertz CT molecular complexity index is 176. The van der Waals surface area contributed by atoms with Gasteiger partial charge in [0.15, 0.2) is 5.79 Å². The summed E-state index contributed by atoms with van der Waals surface area (Å²) in [7, 11) is 0. The third kappa shape index (κ3) is 2.70. The van der Waals surface area contributed by atoms with E-state index in [1.165, 1.54) is 11.8 Å². The third-order valence-electron chi connectivity index (χ3n) is 1.40. The minimum atomic E-state index is -0.458. The van der Waals surface area contributed by atoms with Gasteiger partial charge >= 0.3 is 0 Å². The zero-order valence-electron chi connectivity index (χ0n) is 6.66. The summed E-state index contributed by atoms with van der Waals surface area (Å²) in [5.41, 5.74) is 0. The van der Waals surface area contributed by atoms with E-state index in [1.54, 1.807) is 0 Å². The standard InChI is InChI=1S/C7H11NO2S/c1-7(2)9-3-6(10-7)4-11-5-8/h6H,3-4H2,1-2H3/i11+2. The van der Waals surface area contributed by atoms with Crippen LogP contribution >= 0.6 is 11.8 Å². The zero-order valence-corrected chi connectivity index (χ0v) is 7.48. The van der Waals surface area contributed by atoms with Crippen molar-refractivity contribution < 1.29 is 9.47 Å². The fraction of sp³-hybridized carbons (Fsp3) is 0.857. The highest BCUT2D eigenvalue weighted by Gasteiger charge is 2.32. The summed E-state index contributed by atoms with van der Waals surface area (Å²) in [6.07, 6.45) is 0.0784. The van der Waals surface area contributed by atoms with Gasteiger partial charge in [-0.25, -0.2) is 0 Å². The van der Waals surface area contributed by atoms with Crippen LogP contribution in [0.25, 0.3) is 0 Å². The van der Waals surface area contributed by atoms with E-state index in [2.05, 4.69) is 0 Å². The molecule has 0 aromatic rings. The molecule has 0 bridgehead atoms. The summed E-state index contributed by atoms with van der Waals surface area (Å²) >= 11 is 1.21. The number of rotatable bonds is 2. The van der Waals surface area contributed by atoms with Crippen molar-refractivity contribution in [2.24, 2.45) is 0 Å². The molecule has 4 heteroatoms. The fourth-order valence-corrected chi connectivity index (χ4v) is 1.40. The van der Waals surface area contributed by atoms with Crippen LogP contribution in [0.3, 0.4) is 0 Å². The molecule has 1 fully saturated rings. The first-order valence-corrected chi connectivity index (χ1v) is 4.45. The van der Waals surface area contributed by atoms with Crippen LogP contribution in [-0.4, -0.2) is 24.3 Å². The van der Waals surface area contributed by atoms with Gasteiger partial charge in [-0.2, -0.15) is 5.26 Å². The van der Waals surface area contributed by atoms with Gasteiger partial charge in [0, 0.05) is 5.75 Å². The van der Waals surface area contributed by atoms with Crippen LogP contribution in [0.15, 0.2) is 0 Å². The Labute approximate surface area is 70.7 Å². The molecule has 1 unspecified atom stereocenters. The van der Waals surface area contributed by atoms with Gasteiger partial charge < -0.3 is 9.47 Å². The van der Waals surface area contributed by atoms with Crippen molar-refractivity contribution in [2.75, 3.05) is 12.4 Å². The lowest BCUT2D eigenvalue weighted by Gasteiger charge is -2.16. The summed E-state index contributed by atoms with van der Waals surface area (Å²) < 4.78 is 10.8. The van der Waals surface area contributed by atoms with Crippen molar-refractivity contribution in [3.05, 3.63) is 0 Å². The van der Waals surface area contributed by atoms with Gasteiger partial charge in [0.25, 0.3) is 0 Å². The normalized spacial score (nSPS) is 28.3. The molecule has 1 atom stereocenters. The van der Waals surface area contributed by atoms with E-state index >= 15 is 0 Å². The molecule has 0 aromatic carbocycles. The van der Waals surface area contributed by atoms with E-state index in [1.807, 2.05) is 19.2 Å². The number of thioether (sulfide) groups is 1. The molecule has 0 saturated carbocycles. The van der Waals surface area contributed by atoms with Gasteiger partial charge in [0.05, 0.1) is 12.7 Å². The van der Waals surface area contributed by atoms with Crippen molar-refractivity contribution >= 4 is 11.8 Å². The van der Waals surface area contributed by atoms with Crippen LogP contribution in [0, 0.1) is 10.7 Å². The van der Waals surface area contributed by atoms with Crippen molar-refractivity contribution in [3.8, 4) is 5.40 Å². The Balaban J connectivity index is 2.26. The molecule has 1 aliphatic rings. The summed E-state index contributed by atoms with van der Waals surface area (Å²) in [6.45, 7) is 4.36. The fourth-order valence-electron chi connectivity index (χ4n) is 0.975. The Morgan fingerprint density at radius 3 is 2.91 bits per heavy atom. The molecule has 1 aliphatic heterocycles. The summed E-state index contributed by atoms with van der Waals surface area (Å²) in [4.78, 5) is 0. The second-order valence-electron chi connectivity index (χ2n) is 2.85. The van der Waals surface area contributed by atoms with Gasteiger partial charge in [-0.3, -0.25) is 0 Å². The first-order chi connectivity index (χ1) is 5.14. The van der Waals surface area contributed by atoms with E-state index < -0.39 is 5.79 Å². The van der Waals surface area contributed by atoms with Crippen molar-refractivity contribution in [3.63, 3.8) is 0 Å². The highest BCUT2D eigenvalue weighted by molar-refractivity contribution is 8.03. The molecular formula is C7H11NO2S. The molecule has 1 heterocycles. The van der Waals surface area contributed by atoms with E-state index in [0.717, 1.165) is 0 Å². The monoisotopic (exact) mass is 175 g/mol. The minimum Gasteiger partial charge on any atom is -0.348 e. The maximum absolute atomic E-state index is 8.27. The second-order valence-corrected chi connectivity index (χ2v) is 3.66. The molecular weight excluding hydrogens is 164 g/mol. The molecule has 62 valence electrons. The maximum Gasteiger partial charge on any atom is 0.163 e. The van der Waals surface area contributed by atoms with Gasteiger partial charge in [-0.1, -0.05) is 0 Å². The van der Waals surface area contributed by atoms with Crippen molar-refractivity contribution in [2.45, 2.75) is 25.7 Å². The number of ether oxygens (including phenoxy) is 2. The third-order valence-corrected chi connectivity index (χ3v) is 2.07. The van der Waals surface area contributed by atoms with Crippen molar-refractivity contribution in [1.29, 1.82) is 5.26 Å². The van der Waals surface area contributed by atoms with Gasteiger partial charge in [-0.05, 0) is 25.6 Å². The van der Waals surface area contributed by atoms with Gasteiger partial charge in [0.1, 0.15) is 5.40 Å². The van der Waals surface area contributed by atoms with E-state index in [0.29, 0.717) is 12.4 Å². The molecule has 0 aromatic heterocycles. The predicted octanol–water partition coefficient (Wildman–Crippen LogP) is 1.35. The summed E-state index contributed by atoms with van der Waals surface area (Å²) in [5.74, 6) is 0.237. The molecule has 11 heavy (non-hydrogen) atoms. The Kier molecular flexibility index (Phi) is 2.77. The number of hydrogen-bond donors (Lipinski definition) is 0. The second kappa shape index (κ2) is 3.44. The van der Waals surface area contributed by atoms with Crippen LogP contribution in [0.4, 0.5) is 0 Å². The lowest BCUT2D eigenvalue weighted by atomic mass is 10.4. The highest BCUT2D eigenvalue weighted by atomic mass is 34.1. The van der Waals surface area contributed by atoms with Gasteiger partial charge in [0.2, 0.25) is 0 Å². The number of thiocyanates is 1. The van der Waals surface area contributed by atoms with Crippen LogP contribution in [-0.2, 0) is 9.47 Å². The molecule has 1 saturated heterocycles.